The van der Waals surface area contributed by atoms with Crippen molar-refractivity contribution in [2.24, 2.45) is 0 Å². The van der Waals surface area contributed by atoms with Crippen molar-refractivity contribution in [3.05, 3.63) is 101 Å². The summed E-state index contributed by atoms with van der Waals surface area (Å²) in [7, 11) is 0. The first kappa shape index (κ1) is 22.3. The third-order valence-corrected chi connectivity index (χ3v) is 5.93. The summed E-state index contributed by atoms with van der Waals surface area (Å²) in [4.78, 5) is 75.3. The number of fused-ring (bicyclic) bond motifs is 2. The Kier molecular flexibility index (Phi) is 4.64. The Labute approximate surface area is 198 Å². The highest BCUT2D eigenvalue weighted by molar-refractivity contribution is 5.99. The minimum Gasteiger partial charge on any atom is -0.478 e. The molecule has 0 spiro atoms. The number of hydrogen-bond donors (Lipinski definition) is 4. The van der Waals surface area contributed by atoms with Crippen LogP contribution in [0, 0.1) is 0 Å². The van der Waals surface area contributed by atoms with Gasteiger partial charge in [-0.3, -0.25) is 19.2 Å². The van der Waals surface area contributed by atoms with Gasteiger partial charge >= 0.3 is 11.9 Å². The van der Waals surface area contributed by atoms with Crippen molar-refractivity contribution in [2.45, 2.75) is 0 Å². The molecule has 0 unspecified atom stereocenters. The molecule has 6 N–H and O–H groups in total. The molecule has 2 heterocycles. The lowest BCUT2D eigenvalue weighted by Crippen LogP contribution is -2.25. The number of anilines is 2. The molecule has 0 fully saturated rings. The molecule has 0 aliphatic carbocycles. The van der Waals surface area contributed by atoms with E-state index in [4.69, 9.17) is 11.5 Å². The molecule has 0 atom stereocenters. The summed E-state index contributed by atoms with van der Waals surface area (Å²) in [5.41, 5.74) is 7.54. The summed E-state index contributed by atoms with van der Waals surface area (Å²) in [6.45, 7) is 0. The van der Waals surface area contributed by atoms with E-state index in [1.165, 1.54) is 24.3 Å². The lowest BCUT2D eigenvalue weighted by atomic mass is 10.1. The highest BCUT2D eigenvalue weighted by atomic mass is 16.4. The Morgan fingerprint density at radius 2 is 0.861 bits per heavy atom. The standard InChI is InChI=1S/C24H14N4O8/c25-15-3-1-9(23(33)34)5-17(15)27-19(29)11-7-13-14(8-12(11)20(27)30)22(32)28(21(13)31)18-6-10(24(35)36)2-4-16(18)26/h1-8H,25-26H2,(H,33,34)(H,35,36). The van der Waals surface area contributed by atoms with Crippen LogP contribution in [0.2, 0.25) is 0 Å². The zero-order valence-corrected chi connectivity index (χ0v) is 18.0. The van der Waals surface area contributed by atoms with Gasteiger partial charge in [0.1, 0.15) is 0 Å². The van der Waals surface area contributed by atoms with E-state index in [0.29, 0.717) is 9.13 Å². The predicted molar refractivity (Wildman–Crippen MR) is 130 cm³/mol. The fourth-order valence-electron chi connectivity index (χ4n) is 4.15. The highest BCUT2D eigenvalue weighted by Gasteiger charge is 2.23. The minimum absolute atomic E-state index is 0.0332. The second-order valence-corrected chi connectivity index (χ2v) is 7.99. The number of hydrogen-bond acceptors (Lipinski definition) is 8. The second-order valence-electron chi connectivity index (χ2n) is 7.99. The quantitative estimate of drug-likeness (QED) is 0.258. The van der Waals surface area contributed by atoms with E-state index < -0.39 is 34.2 Å². The third kappa shape index (κ3) is 3.01. The number of nitrogens with zero attached hydrogens (tertiary/aromatic N) is 2. The number of carboxylic acids is 2. The molecule has 2 aromatic heterocycles. The van der Waals surface area contributed by atoms with Gasteiger partial charge in [-0.05, 0) is 48.5 Å². The summed E-state index contributed by atoms with van der Waals surface area (Å²) >= 11 is 0. The van der Waals surface area contributed by atoms with Crippen LogP contribution in [0.1, 0.15) is 20.7 Å². The number of nitrogens with two attached hydrogens (primary N) is 2. The van der Waals surface area contributed by atoms with Crippen molar-refractivity contribution >= 4 is 44.9 Å². The Morgan fingerprint density at radius 1 is 0.556 bits per heavy atom. The first-order valence-electron chi connectivity index (χ1n) is 10.2. The molecular weight excluding hydrogens is 472 g/mol. The molecule has 178 valence electrons. The van der Waals surface area contributed by atoms with E-state index >= 15 is 0 Å². The second kappa shape index (κ2) is 7.50. The van der Waals surface area contributed by atoms with E-state index in [0.717, 1.165) is 24.3 Å². The van der Waals surface area contributed by atoms with Crippen LogP contribution in [-0.4, -0.2) is 31.3 Å². The summed E-state index contributed by atoms with van der Waals surface area (Å²) in [6, 6.07) is 9.24. The summed E-state index contributed by atoms with van der Waals surface area (Å²) in [5, 5.41) is 17.8. The van der Waals surface area contributed by atoms with Crippen LogP contribution >= 0.6 is 0 Å². The topological polar surface area (TPSA) is 205 Å². The molecule has 12 heteroatoms. The maximum atomic E-state index is 13.2. The van der Waals surface area contributed by atoms with Gasteiger partial charge in [0.15, 0.2) is 0 Å². The average Bonchev–Trinajstić information content (AvgIpc) is 3.22. The molecule has 5 rings (SSSR count). The number of carboxylic acid groups (broad SMARTS) is 2. The Hall–Kier alpha value is -5.52. The Morgan fingerprint density at radius 3 is 1.14 bits per heavy atom. The first-order chi connectivity index (χ1) is 17.0. The Balaban J connectivity index is 1.83. The predicted octanol–water partition coefficient (Wildman–Crippen LogP) is 0.452. The van der Waals surface area contributed by atoms with Gasteiger partial charge in [-0.2, -0.15) is 0 Å². The maximum absolute atomic E-state index is 13.2. The van der Waals surface area contributed by atoms with Crippen molar-refractivity contribution in [1.82, 2.24) is 9.13 Å². The van der Waals surface area contributed by atoms with Gasteiger partial charge in [-0.15, -0.1) is 0 Å². The lowest BCUT2D eigenvalue weighted by molar-refractivity contribution is 0.0686. The number of rotatable bonds is 4. The summed E-state index contributed by atoms with van der Waals surface area (Å²) in [5.74, 6) is -2.59. The molecule has 0 saturated heterocycles. The Bertz CT molecular complexity index is 1790. The van der Waals surface area contributed by atoms with E-state index in [-0.39, 0.29) is 55.4 Å². The molecule has 0 aliphatic heterocycles. The molecule has 0 amide bonds. The smallest absolute Gasteiger partial charge is 0.335 e. The zero-order chi connectivity index (χ0) is 26.0. The zero-order valence-electron chi connectivity index (χ0n) is 18.0. The molecule has 36 heavy (non-hydrogen) atoms. The van der Waals surface area contributed by atoms with E-state index in [9.17, 15) is 39.0 Å². The van der Waals surface area contributed by atoms with Crippen LogP contribution in [0.3, 0.4) is 0 Å². The van der Waals surface area contributed by atoms with E-state index in [1.807, 2.05) is 0 Å². The molecule has 0 radical (unpaired) electrons. The van der Waals surface area contributed by atoms with Crippen LogP contribution in [0.5, 0.6) is 0 Å². The number of benzene rings is 3. The first-order valence-corrected chi connectivity index (χ1v) is 10.2. The fraction of sp³-hybridized carbons (Fsp3) is 0. The fourth-order valence-corrected chi connectivity index (χ4v) is 4.15. The maximum Gasteiger partial charge on any atom is 0.335 e. The van der Waals surface area contributed by atoms with Crippen LogP contribution < -0.4 is 33.7 Å². The molecule has 0 bridgehead atoms. The number of carbonyl (C=O) groups is 2. The number of aromatic carboxylic acids is 2. The van der Waals surface area contributed by atoms with Crippen LogP contribution in [0.25, 0.3) is 32.9 Å². The number of nitrogen functional groups attached to an aromatic ring is 2. The van der Waals surface area contributed by atoms with Crippen LogP contribution in [0.15, 0.2) is 67.7 Å². The van der Waals surface area contributed by atoms with Crippen LogP contribution in [0.4, 0.5) is 11.4 Å². The molecule has 5 aromatic rings. The molecule has 12 nitrogen and oxygen atoms in total. The van der Waals surface area contributed by atoms with E-state index in [1.54, 1.807) is 0 Å². The molecule has 3 aromatic carbocycles. The largest absolute Gasteiger partial charge is 0.478 e. The summed E-state index contributed by atoms with van der Waals surface area (Å²) < 4.78 is 1.37. The highest BCUT2D eigenvalue weighted by Crippen LogP contribution is 2.22. The van der Waals surface area contributed by atoms with Crippen molar-refractivity contribution in [3.63, 3.8) is 0 Å². The molecule has 0 aliphatic rings. The minimum atomic E-state index is -1.30. The third-order valence-electron chi connectivity index (χ3n) is 5.93. The van der Waals surface area contributed by atoms with Crippen molar-refractivity contribution < 1.29 is 19.8 Å². The van der Waals surface area contributed by atoms with Gasteiger partial charge in [0, 0.05) is 0 Å². The van der Waals surface area contributed by atoms with Crippen molar-refractivity contribution in [2.75, 3.05) is 11.5 Å². The molecule has 0 saturated carbocycles. The van der Waals surface area contributed by atoms with E-state index in [2.05, 4.69) is 0 Å². The number of aromatic nitrogens is 2. The van der Waals surface area contributed by atoms with Gasteiger partial charge in [0.05, 0.1) is 55.4 Å². The van der Waals surface area contributed by atoms with Gasteiger partial charge in [0.2, 0.25) is 0 Å². The van der Waals surface area contributed by atoms with Gasteiger partial charge in [-0.25, -0.2) is 18.7 Å². The van der Waals surface area contributed by atoms with Crippen molar-refractivity contribution in [3.8, 4) is 11.4 Å². The van der Waals surface area contributed by atoms with Gasteiger partial charge in [0.25, 0.3) is 22.2 Å². The normalized spacial score (nSPS) is 11.3. The monoisotopic (exact) mass is 486 g/mol. The summed E-state index contributed by atoms with van der Waals surface area (Å²) in [6.07, 6.45) is 0. The van der Waals surface area contributed by atoms with Crippen LogP contribution in [-0.2, 0) is 0 Å². The average molecular weight is 486 g/mol. The van der Waals surface area contributed by atoms with Gasteiger partial charge in [-0.1, -0.05) is 0 Å². The lowest BCUT2D eigenvalue weighted by Gasteiger charge is -2.06. The SMILES string of the molecule is Nc1ccc(C(=O)O)cc1-n1c(=O)c2cc3c(=O)n(-c4cc(C(=O)O)ccc4N)c(=O)c3cc2c1=O. The molecular formula is C24H14N4O8. The van der Waals surface area contributed by atoms with Crippen molar-refractivity contribution in [1.29, 1.82) is 0 Å². The van der Waals surface area contributed by atoms with Gasteiger partial charge < -0.3 is 21.7 Å².